The Bertz CT molecular complexity index is 996. The summed E-state index contributed by atoms with van der Waals surface area (Å²) >= 11 is 0. The van der Waals surface area contributed by atoms with Crippen molar-refractivity contribution in [3.8, 4) is 0 Å². The quantitative estimate of drug-likeness (QED) is 0.640. The molecule has 0 radical (unpaired) electrons. The van der Waals surface area contributed by atoms with Gasteiger partial charge in [-0.15, -0.1) is 0 Å². The first kappa shape index (κ1) is 20.7. The lowest BCUT2D eigenvalue weighted by molar-refractivity contribution is -0.198. The molecular formula is C26H33NO5. The van der Waals surface area contributed by atoms with Gasteiger partial charge in [-0.25, -0.2) is 4.79 Å². The third-order valence-corrected chi connectivity index (χ3v) is 8.22. The van der Waals surface area contributed by atoms with Crippen LogP contribution in [0.2, 0.25) is 0 Å². The van der Waals surface area contributed by atoms with Crippen LogP contribution in [0.15, 0.2) is 23.9 Å². The number of ether oxygens (including phenoxy) is 3. The highest BCUT2D eigenvalue weighted by Crippen LogP contribution is 2.53. The Hall–Kier alpha value is -1.89. The van der Waals surface area contributed by atoms with Gasteiger partial charge in [0.25, 0.3) is 0 Å². The number of aliphatic hydroxyl groups is 1. The van der Waals surface area contributed by atoms with E-state index in [0.717, 1.165) is 31.4 Å². The first-order chi connectivity index (χ1) is 15.3. The second-order valence-electron chi connectivity index (χ2n) is 10.6. The van der Waals surface area contributed by atoms with E-state index in [0.29, 0.717) is 19.4 Å². The van der Waals surface area contributed by atoms with Crippen LogP contribution in [-0.4, -0.2) is 45.8 Å². The zero-order chi connectivity index (χ0) is 22.3. The maximum Gasteiger partial charge on any atom is 0.415 e. The summed E-state index contributed by atoms with van der Waals surface area (Å²) in [5, 5.41) is 11.1. The zero-order valence-corrected chi connectivity index (χ0v) is 19.2. The number of benzene rings is 1. The molecule has 1 aromatic carbocycles. The number of aliphatic hydroxyl groups excluding tert-OH is 1. The van der Waals surface area contributed by atoms with Crippen molar-refractivity contribution < 1.29 is 24.1 Å². The lowest BCUT2D eigenvalue weighted by atomic mass is 9.77. The number of hydrogen-bond acceptors (Lipinski definition) is 5. The van der Waals surface area contributed by atoms with Gasteiger partial charge in [0, 0.05) is 31.6 Å². The van der Waals surface area contributed by atoms with E-state index in [9.17, 15) is 9.90 Å². The first-order valence-corrected chi connectivity index (χ1v) is 12.2. The van der Waals surface area contributed by atoms with Gasteiger partial charge >= 0.3 is 6.09 Å². The van der Waals surface area contributed by atoms with E-state index in [2.05, 4.69) is 39.0 Å². The Morgan fingerprint density at radius 2 is 1.88 bits per heavy atom. The van der Waals surface area contributed by atoms with Crippen LogP contribution in [0.5, 0.6) is 0 Å². The Labute approximate surface area is 189 Å². The molecule has 3 heterocycles. The Balaban J connectivity index is 1.36. The second-order valence-corrected chi connectivity index (χ2v) is 10.6. The largest absolute Gasteiger partial charge is 0.436 e. The molecule has 2 saturated carbocycles. The molecule has 1 aromatic rings. The minimum Gasteiger partial charge on any atom is -0.436 e. The number of hydrogen-bond donors (Lipinski definition) is 1. The minimum absolute atomic E-state index is 0.150. The van der Waals surface area contributed by atoms with Crippen molar-refractivity contribution in [2.24, 2.45) is 0 Å². The molecule has 32 heavy (non-hydrogen) atoms. The molecule has 2 spiro atoms. The molecule has 172 valence electrons. The average molecular weight is 440 g/mol. The fraction of sp³-hybridized carbons (Fsp3) is 0.654. The predicted molar refractivity (Wildman–Crippen MR) is 118 cm³/mol. The maximum atomic E-state index is 13.1. The van der Waals surface area contributed by atoms with Gasteiger partial charge in [-0.3, -0.25) is 4.90 Å². The molecule has 2 aliphatic carbocycles. The number of allylic oxidation sites excluding steroid dienone is 1. The number of amides is 1. The van der Waals surface area contributed by atoms with E-state index >= 15 is 0 Å². The molecule has 6 nitrogen and oxygen atoms in total. The van der Waals surface area contributed by atoms with Crippen molar-refractivity contribution in [2.75, 3.05) is 0 Å². The van der Waals surface area contributed by atoms with E-state index in [1.807, 2.05) is 0 Å². The summed E-state index contributed by atoms with van der Waals surface area (Å²) in [7, 11) is 0. The smallest absolute Gasteiger partial charge is 0.415 e. The maximum absolute atomic E-state index is 13.1. The molecule has 2 saturated heterocycles. The number of carbonyl (C=O) groups excluding carboxylic acids is 1. The van der Waals surface area contributed by atoms with Crippen molar-refractivity contribution in [1.82, 2.24) is 4.90 Å². The highest BCUT2D eigenvalue weighted by molar-refractivity contribution is 5.76. The van der Waals surface area contributed by atoms with E-state index in [4.69, 9.17) is 14.2 Å². The van der Waals surface area contributed by atoms with Crippen molar-refractivity contribution in [1.29, 1.82) is 0 Å². The molecule has 6 rings (SSSR count). The molecule has 4 fully saturated rings. The summed E-state index contributed by atoms with van der Waals surface area (Å²) in [5.74, 6) is -0.421. The SMILES string of the molecule is Cc1cc(C)c2c(c1)CN1C(=O)O[C@@]3(C[C@@H](O)C4OC5(CCCCC5)O[C@@H]4C3)C1=CC2C. The predicted octanol–water partition coefficient (Wildman–Crippen LogP) is 4.59. The van der Waals surface area contributed by atoms with Crippen LogP contribution in [0, 0.1) is 13.8 Å². The van der Waals surface area contributed by atoms with Crippen LogP contribution in [0.4, 0.5) is 4.79 Å². The summed E-state index contributed by atoms with van der Waals surface area (Å²) < 4.78 is 18.9. The second kappa shape index (κ2) is 7.05. The van der Waals surface area contributed by atoms with Gasteiger partial charge in [-0.2, -0.15) is 0 Å². The van der Waals surface area contributed by atoms with Crippen molar-refractivity contribution in [2.45, 2.75) is 108 Å². The van der Waals surface area contributed by atoms with Crippen LogP contribution in [-0.2, 0) is 20.8 Å². The number of fused-ring (bicyclic) bond motifs is 4. The van der Waals surface area contributed by atoms with Crippen LogP contribution < -0.4 is 0 Å². The van der Waals surface area contributed by atoms with Crippen LogP contribution in [0.3, 0.4) is 0 Å². The Morgan fingerprint density at radius 3 is 2.66 bits per heavy atom. The third-order valence-electron chi connectivity index (χ3n) is 8.22. The molecule has 1 N–H and O–H groups in total. The number of rotatable bonds is 0. The van der Waals surface area contributed by atoms with Gasteiger partial charge in [0.1, 0.15) is 6.10 Å². The van der Waals surface area contributed by atoms with E-state index in [1.54, 1.807) is 4.90 Å². The van der Waals surface area contributed by atoms with Gasteiger partial charge in [0.2, 0.25) is 0 Å². The fourth-order valence-corrected chi connectivity index (χ4v) is 7.01. The summed E-state index contributed by atoms with van der Waals surface area (Å²) in [6, 6.07) is 4.39. The summed E-state index contributed by atoms with van der Waals surface area (Å²) in [4.78, 5) is 14.9. The monoisotopic (exact) mass is 439 g/mol. The fourth-order valence-electron chi connectivity index (χ4n) is 7.01. The van der Waals surface area contributed by atoms with E-state index in [1.165, 1.54) is 28.7 Å². The van der Waals surface area contributed by atoms with Crippen LogP contribution >= 0.6 is 0 Å². The van der Waals surface area contributed by atoms with E-state index in [-0.39, 0.29) is 24.2 Å². The summed E-state index contributed by atoms with van der Waals surface area (Å²) in [6.45, 7) is 6.92. The molecule has 1 amide bonds. The first-order valence-electron chi connectivity index (χ1n) is 12.2. The normalized spacial score (nSPS) is 37.6. The highest BCUT2D eigenvalue weighted by atomic mass is 16.8. The highest BCUT2D eigenvalue weighted by Gasteiger charge is 2.62. The van der Waals surface area contributed by atoms with Gasteiger partial charge in [0.15, 0.2) is 11.4 Å². The Morgan fingerprint density at radius 1 is 1.09 bits per heavy atom. The number of aryl methyl sites for hydroxylation is 2. The van der Waals surface area contributed by atoms with Crippen LogP contribution in [0.25, 0.3) is 0 Å². The molecule has 5 aliphatic rings. The van der Waals surface area contributed by atoms with Gasteiger partial charge < -0.3 is 19.3 Å². The van der Waals surface area contributed by atoms with Crippen molar-refractivity contribution in [3.05, 3.63) is 46.2 Å². The minimum atomic E-state index is -0.861. The zero-order valence-electron chi connectivity index (χ0n) is 19.2. The molecule has 6 heteroatoms. The molecule has 0 bridgehead atoms. The average Bonchev–Trinajstić information content (AvgIpc) is 3.11. The Kier molecular flexibility index (Phi) is 4.56. The topological polar surface area (TPSA) is 68.2 Å². The van der Waals surface area contributed by atoms with E-state index < -0.39 is 17.5 Å². The van der Waals surface area contributed by atoms with Gasteiger partial charge in [0.05, 0.1) is 24.4 Å². The molecule has 0 aromatic heterocycles. The standard InChI is InChI=1S/C26H33NO5/c1-15-9-16(2)22-17(3)11-21-25(32-24(29)27(21)14-18(22)10-15)12-19(28)23-20(13-25)30-26(31-23)7-5-4-6-8-26/h9-11,17,19-20,23,28H,4-8,12-14H2,1-3H3/t17?,19-,20-,23?,25-/m1/s1. The molecule has 5 atom stereocenters. The van der Waals surface area contributed by atoms with Crippen molar-refractivity contribution >= 4 is 6.09 Å². The molecular weight excluding hydrogens is 406 g/mol. The summed E-state index contributed by atoms with van der Waals surface area (Å²) in [5.41, 5.74) is 4.93. The third kappa shape index (κ3) is 2.99. The van der Waals surface area contributed by atoms with Gasteiger partial charge in [-0.1, -0.05) is 37.1 Å². The van der Waals surface area contributed by atoms with Crippen LogP contribution in [0.1, 0.15) is 80.0 Å². The molecule has 3 aliphatic heterocycles. The van der Waals surface area contributed by atoms with Gasteiger partial charge in [-0.05, 0) is 43.4 Å². The molecule has 2 unspecified atom stereocenters. The lowest BCUT2D eigenvalue weighted by Crippen LogP contribution is -2.52. The number of carbonyl (C=O) groups is 1. The van der Waals surface area contributed by atoms with Crippen molar-refractivity contribution in [3.63, 3.8) is 0 Å². The number of nitrogens with zero attached hydrogens (tertiary/aromatic N) is 1. The summed E-state index contributed by atoms with van der Waals surface area (Å²) in [6.07, 6.45) is 6.51. The lowest BCUT2D eigenvalue weighted by Gasteiger charge is -2.40.